The predicted octanol–water partition coefficient (Wildman–Crippen LogP) is 1.18. The minimum atomic E-state index is -0.519. The summed E-state index contributed by atoms with van der Waals surface area (Å²) in [5.41, 5.74) is -0.519. The molecular formula is C8H16O2. The lowest BCUT2D eigenvalue weighted by atomic mass is 9.86. The van der Waals surface area contributed by atoms with Crippen LogP contribution in [0.3, 0.4) is 0 Å². The second kappa shape index (κ2) is 2.89. The quantitative estimate of drug-likeness (QED) is 0.630. The van der Waals surface area contributed by atoms with Crippen molar-refractivity contribution in [2.75, 3.05) is 13.2 Å². The maximum absolute atomic E-state index is 9.83. The Morgan fingerprint density at radius 1 is 1.70 bits per heavy atom. The molecule has 2 heteroatoms. The number of rotatable bonds is 2. The number of hydrogen-bond donors (Lipinski definition) is 1. The standard InChI is InChI=1S/C8H16O2/c1-3-7(2)8(9)4-5-10-6-8/h7,9H,3-6H2,1-2H3. The molecule has 1 aliphatic heterocycles. The Hall–Kier alpha value is -0.0800. The molecule has 1 rings (SSSR count). The van der Waals surface area contributed by atoms with E-state index in [-0.39, 0.29) is 0 Å². The van der Waals surface area contributed by atoms with Crippen molar-refractivity contribution in [2.24, 2.45) is 5.92 Å². The first-order valence-corrected chi connectivity index (χ1v) is 3.99. The number of hydrogen-bond acceptors (Lipinski definition) is 2. The van der Waals surface area contributed by atoms with Crippen LogP contribution < -0.4 is 0 Å². The Kier molecular flexibility index (Phi) is 2.32. The average molecular weight is 144 g/mol. The first-order chi connectivity index (χ1) is 4.69. The van der Waals surface area contributed by atoms with E-state index in [1.165, 1.54) is 0 Å². The fraction of sp³-hybridized carbons (Fsp3) is 1.00. The van der Waals surface area contributed by atoms with Gasteiger partial charge in [0.05, 0.1) is 12.2 Å². The Balaban J connectivity index is 2.49. The molecule has 2 atom stereocenters. The fourth-order valence-corrected chi connectivity index (χ4v) is 1.34. The summed E-state index contributed by atoms with van der Waals surface area (Å²) in [7, 11) is 0. The zero-order valence-corrected chi connectivity index (χ0v) is 6.76. The normalized spacial score (nSPS) is 36.3. The van der Waals surface area contributed by atoms with E-state index in [9.17, 15) is 5.11 Å². The molecule has 0 aromatic carbocycles. The SMILES string of the molecule is CCC(C)C1(O)CCOC1. The van der Waals surface area contributed by atoms with Crippen molar-refractivity contribution in [1.29, 1.82) is 0 Å². The topological polar surface area (TPSA) is 29.5 Å². The summed E-state index contributed by atoms with van der Waals surface area (Å²) in [6, 6.07) is 0. The largest absolute Gasteiger partial charge is 0.387 e. The fourth-order valence-electron chi connectivity index (χ4n) is 1.34. The van der Waals surface area contributed by atoms with Crippen LogP contribution in [0.5, 0.6) is 0 Å². The summed E-state index contributed by atoms with van der Waals surface area (Å²) < 4.78 is 5.13. The van der Waals surface area contributed by atoms with E-state index in [4.69, 9.17) is 4.74 Å². The van der Waals surface area contributed by atoms with Gasteiger partial charge in [-0.2, -0.15) is 0 Å². The van der Waals surface area contributed by atoms with Gasteiger partial charge in [0.1, 0.15) is 0 Å². The van der Waals surface area contributed by atoms with Gasteiger partial charge in [-0.3, -0.25) is 0 Å². The van der Waals surface area contributed by atoms with Crippen molar-refractivity contribution in [3.63, 3.8) is 0 Å². The molecule has 0 bridgehead atoms. The van der Waals surface area contributed by atoms with Gasteiger partial charge in [-0.1, -0.05) is 20.3 Å². The van der Waals surface area contributed by atoms with Gasteiger partial charge < -0.3 is 9.84 Å². The molecule has 1 saturated heterocycles. The van der Waals surface area contributed by atoms with Gasteiger partial charge in [-0.15, -0.1) is 0 Å². The van der Waals surface area contributed by atoms with Gasteiger partial charge in [0, 0.05) is 13.0 Å². The molecule has 1 heterocycles. The van der Waals surface area contributed by atoms with Crippen LogP contribution in [0.25, 0.3) is 0 Å². The second-order valence-electron chi connectivity index (χ2n) is 3.22. The zero-order valence-electron chi connectivity index (χ0n) is 6.76. The monoisotopic (exact) mass is 144 g/mol. The smallest absolute Gasteiger partial charge is 0.0927 e. The molecule has 0 aromatic rings. The number of aliphatic hydroxyl groups is 1. The third-order valence-corrected chi connectivity index (χ3v) is 2.56. The molecule has 0 spiro atoms. The first kappa shape index (κ1) is 8.02. The molecule has 1 aliphatic rings. The molecule has 10 heavy (non-hydrogen) atoms. The molecular weight excluding hydrogens is 128 g/mol. The zero-order chi connectivity index (χ0) is 7.61. The van der Waals surface area contributed by atoms with E-state index >= 15 is 0 Å². The van der Waals surface area contributed by atoms with Crippen LogP contribution in [-0.2, 0) is 4.74 Å². The van der Waals surface area contributed by atoms with E-state index in [1.807, 2.05) is 0 Å². The van der Waals surface area contributed by atoms with Crippen LogP contribution in [0.15, 0.2) is 0 Å². The van der Waals surface area contributed by atoms with Gasteiger partial charge in [0.15, 0.2) is 0 Å². The molecule has 1 fully saturated rings. The maximum Gasteiger partial charge on any atom is 0.0927 e. The van der Waals surface area contributed by atoms with Crippen LogP contribution in [0.2, 0.25) is 0 Å². The van der Waals surface area contributed by atoms with Crippen molar-refractivity contribution in [3.8, 4) is 0 Å². The molecule has 2 nitrogen and oxygen atoms in total. The summed E-state index contributed by atoms with van der Waals surface area (Å²) in [5.74, 6) is 0.370. The molecule has 2 unspecified atom stereocenters. The van der Waals surface area contributed by atoms with E-state index in [2.05, 4.69) is 13.8 Å². The Morgan fingerprint density at radius 3 is 2.80 bits per heavy atom. The average Bonchev–Trinajstić information content (AvgIpc) is 2.36. The Morgan fingerprint density at radius 2 is 2.40 bits per heavy atom. The van der Waals surface area contributed by atoms with Crippen LogP contribution in [-0.4, -0.2) is 23.9 Å². The van der Waals surface area contributed by atoms with Crippen LogP contribution in [0, 0.1) is 5.92 Å². The van der Waals surface area contributed by atoms with E-state index in [0.717, 1.165) is 19.4 Å². The van der Waals surface area contributed by atoms with Crippen molar-refractivity contribution < 1.29 is 9.84 Å². The molecule has 0 saturated carbocycles. The third-order valence-electron chi connectivity index (χ3n) is 2.56. The number of ether oxygens (including phenoxy) is 1. The molecule has 1 N–H and O–H groups in total. The summed E-state index contributed by atoms with van der Waals surface area (Å²) in [4.78, 5) is 0. The van der Waals surface area contributed by atoms with Gasteiger partial charge >= 0.3 is 0 Å². The predicted molar refractivity (Wildman–Crippen MR) is 39.8 cm³/mol. The minimum Gasteiger partial charge on any atom is -0.387 e. The highest BCUT2D eigenvalue weighted by Crippen LogP contribution is 2.28. The maximum atomic E-state index is 9.83. The molecule has 0 radical (unpaired) electrons. The lowest BCUT2D eigenvalue weighted by Crippen LogP contribution is -2.36. The van der Waals surface area contributed by atoms with Crippen molar-refractivity contribution in [1.82, 2.24) is 0 Å². The van der Waals surface area contributed by atoms with Gasteiger partial charge in [0.2, 0.25) is 0 Å². The minimum absolute atomic E-state index is 0.370. The molecule has 0 aliphatic carbocycles. The first-order valence-electron chi connectivity index (χ1n) is 3.99. The molecule has 0 aromatic heterocycles. The molecule has 60 valence electrons. The van der Waals surface area contributed by atoms with Crippen LogP contribution >= 0.6 is 0 Å². The third kappa shape index (κ3) is 1.32. The van der Waals surface area contributed by atoms with Crippen molar-refractivity contribution in [2.45, 2.75) is 32.3 Å². The van der Waals surface area contributed by atoms with E-state index < -0.39 is 5.60 Å². The van der Waals surface area contributed by atoms with E-state index in [1.54, 1.807) is 0 Å². The highest BCUT2D eigenvalue weighted by molar-refractivity contribution is 4.86. The lowest BCUT2D eigenvalue weighted by Gasteiger charge is -2.26. The Labute approximate surface area is 62.2 Å². The van der Waals surface area contributed by atoms with Crippen LogP contribution in [0.4, 0.5) is 0 Å². The summed E-state index contributed by atoms with van der Waals surface area (Å²) in [6.07, 6.45) is 1.84. The van der Waals surface area contributed by atoms with Gasteiger partial charge in [-0.05, 0) is 5.92 Å². The highest BCUT2D eigenvalue weighted by atomic mass is 16.5. The highest BCUT2D eigenvalue weighted by Gasteiger charge is 2.36. The summed E-state index contributed by atoms with van der Waals surface area (Å²) >= 11 is 0. The van der Waals surface area contributed by atoms with Gasteiger partial charge in [-0.25, -0.2) is 0 Å². The van der Waals surface area contributed by atoms with E-state index in [0.29, 0.717) is 12.5 Å². The summed E-state index contributed by atoms with van der Waals surface area (Å²) in [5, 5.41) is 9.83. The van der Waals surface area contributed by atoms with Gasteiger partial charge in [0.25, 0.3) is 0 Å². The Bertz CT molecular complexity index is 106. The second-order valence-corrected chi connectivity index (χ2v) is 3.22. The summed E-state index contributed by atoms with van der Waals surface area (Å²) in [6.45, 7) is 5.43. The van der Waals surface area contributed by atoms with Crippen molar-refractivity contribution in [3.05, 3.63) is 0 Å². The lowest BCUT2D eigenvalue weighted by molar-refractivity contribution is -0.0199. The molecule has 0 amide bonds. The van der Waals surface area contributed by atoms with Crippen molar-refractivity contribution >= 4 is 0 Å². The van der Waals surface area contributed by atoms with Crippen LogP contribution in [0.1, 0.15) is 26.7 Å².